The van der Waals surface area contributed by atoms with Gasteiger partial charge in [-0.05, 0) is 19.1 Å². The maximum atomic E-state index is 13.0. The summed E-state index contributed by atoms with van der Waals surface area (Å²) in [4.78, 5) is 7.59. The van der Waals surface area contributed by atoms with Crippen LogP contribution in [0.15, 0.2) is 28.8 Å². The summed E-state index contributed by atoms with van der Waals surface area (Å²) in [6, 6.07) is 2.89. The Balaban J connectivity index is 1.93. The predicted octanol–water partition coefficient (Wildman–Crippen LogP) is 3.90. The number of thiazole rings is 1. The minimum absolute atomic E-state index is 0.151. The van der Waals surface area contributed by atoms with Crippen molar-refractivity contribution in [2.24, 2.45) is 0 Å². The van der Waals surface area contributed by atoms with Gasteiger partial charge in [-0.1, -0.05) is 6.07 Å². The third kappa shape index (κ3) is 4.72. The molecular formula is C15H12F5N5O3S2. The number of sulfonamides is 1. The van der Waals surface area contributed by atoms with Crippen LogP contribution in [0.3, 0.4) is 0 Å². The van der Waals surface area contributed by atoms with Gasteiger partial charge in [-0.3, -0.25) is 0 Å². The standard InChI is InChI=1S/C15H12F5N5O3S2/c1-2-30(26,27)25(10-5-3-4-9(22-10)15(18,19)20)7-11-21-6-8(29-11)13-23-24-14(28-13)12(16)17/h3-6,12H,2,7H2,1H3. The minimum atomic E-state index is -4.76. The van der Waals surface area contributed by atoms with Crippen LogP contribution in [0.4, 0.5) is 27.8 Å². The molecule has 0 aliphatic rings. The van der Waals surface area contributed by atoms with Crippen molar-refractivity contribution in [3.8, 4) is 10.8 Å². The quantitative estimate of drug-likeness (QED) is 0.484. The normalized spacial score (nSPS) is 12.5. The van der Waals surface area contributed by atoms with E-state index in [0.29, 0.717) is 4.31 Å². The number of hydrogen-bond acceptors (Lipinski definition) is 8. The van der Waals surface area contributed by atoms with Crippen LogP contribution in [0.5, 0.6) is 0 Å². The van der Waals surface area contributed by atoms with Crippen LogP contribution in [-0.4, -0.2) is 34.3 Å². The number of anilines is 1. The van der Waals surface area contributed by atoms with E-state index in [2.05, 4.69) is 20.2 Å². The van der Waals surface area contributed by atoms with Crippen LogP contribution in [0, 0.1) is 0 Å². The summed E-state index contributed by atoms with van der Waals surface area (Å²) in [6.45, 7) is 0.901. The lowest BCUT2D eigenvalue weighted by molar-refractivity contribution is -0.141. The van der Waals surface area contributed by atoms with Crippen molar-refractivity contribution in [1.29, 1.82) is 0 Å². The molecule has 0 amide bonds. The third-order valence-electron chi connectivity index (χ3n) is 3.65. The van der Waals surface area contributed by atoms with Crippen molar-refractivity contribution in [1.82, 2.24) is 20.2 Å². The topological polar surface area (TPSA) is 102 Å². The molecule has 0 atom stereocenters. The minimum Gasteiger partial charge on any atom is -0.414 e. The van der Waals surface area contributed by atoms with Gasteiger partial charge in [0.2, 0.25) is 10.0 Å². The van der Waals surface area contributed by atoms with Crippen molar-refractivity contribution in [3.05, 3.63) is 41.0 Å². The predicted molar refractivity (Wildman–Crippen MR) is 95.2 cm³/mol. The average Bonchev–Trinajstić information content (AvgIpc) is 3.35. The summed E-state index contributed by atoms with van der Waals surface area (Å²) in [7, 11) is -4.02. The SMILES string of the molecule is CCS(=O)(=O)N(Cc1ncc(-c2nnc(C(F)F)o2)s1)c1cccc(C(F)(F)F)n1. The second-order valence-electron chi connectivity index (χ2n) is 5.65. The van der Waals surface area contributed by atoms with E-state index in [4.69, 9.17) is 4.42 Å². The van der Waals surface area contributed by atoms with E-state index in [0.717, 1.165) is 29.5 Å². The molecule has 162 valence electrons. The molecule has 0 radical (unpaired) electrons. The smallest absolute Gasteiger partial charge is 0.414 e. The number of alkyl halides is 5. The van der Waals surface area contributed by atoms with Crippen LogP contribution in [-0.2, 0) is 22.7 Å². The number of pyridine rings is 1. The fraction of sp³-hybridized carbons (Fsp3) is 0.333. The van der Waals surface area contributed by atoms with Crippen LogP contribution < -0.4 is 4.31 Å². The highest BCUT2D eigenvalue weighted by molar-refractivity contribution is 7.92. The first kappa shape index (κ1) is 22.0. The molecule has 15 heteroatoms. The van der Waals surface area contributed by atoms with Gasteiger partial charge in [0.1, 0.15) is 21.4 Å². The second kappa shape index (κ2) is 8.22. The van der Waals surface area contributed by atoms with E-state index in [-0.39, 0.29) is 15.8 Å². The zero-order valence-corrected chi connectivity index (χ0v) is 16.6. The van der Waals surface area contributed by atoms with Crippen molar-refractivity contribution in [2.45, 2.75) is 26.1 Å². The van der Waals surface area contributed by atoms with E-state index in [1.165, 1.54) is 13.1 Å². The molecule has 0 unspecified atom stereocenters. The molecule has 0 saturated carbocycles. The lowest BCUT2D eigenvalue weighted by atomic mass is 10.3. The fourth-order valence-corrected chi connectivity index (χ4v) is 4.15. The number of hydrogen-bond donors (Lipinski definition) is 0. The molecule has 0 aromatic carbocycles. The Hall–Kier alpha value is -2.68. The molecule has 0 bridgehead atoms. The van der Waals surface area contributed by atoms with Gasteiger partial charge in [-0.15, -0.1) is 21.5 Å². The van der Waals surface area contributed by atoms with Gasteiger partial charge >= 0.3 is 12.6 Å². The lowest BCUT2D eigenvalue weighted by Crippen LogP contribution is -2.33. The van der Waals surface area contributed by atoms with E-state index in [1.807, 2.05) is 0 Å². The van der Waals surface area contributed by atoms with Gasteiger partial charge in [0.15, 0.2) is 0 Å². The molecule has 0 aliphatic carbocycles. The zero-order chi connectivity index (χ0) is 22.1. The van der Waals surface area contributed by atoms with E-state index < -0.39 is 52.3 Å². The molecule has 0 fully saturated rings. The highest BCUT2D eigenvalue weighted by atomic mass is 32.2. The first-order chi connectivity index (χ1) is 14.0. The Morgan fingerprint density at radius 1 is 1.23 bits per heavy atom. The number of rotatable bonds is 7. The first-order valence-corrected chi connectivity index (χ1v) is 10.5. The summed E-state index contributed by atoms with van der Waals surface area (Å²) in [5.74, 6) is -1.95. The zero-order valence-electron chi connectivity index (χ0n) is 15.0. The molecular weight excluding hydrogens is 457 g/mol. The summed E-state index contributed by atoms with van der Waals surface area (Å²) in [5, 5.41) is 6.80. The molecule has 3 heterocycles. The molecule has 3 rings (SSSR count). The van der Waals surface area contributed by atoms with Gasteiger partial charge in [0.05, 0.1) is 18.5 Å². The summed E-state index contributed by atoms with van der Waals surface area (Å²) in [5.41, 5.74) is -1.25. The van der Waals surface area contributed by atoms with Crippen LogP contribution in [0.2, 0.25) is 0 Å². The maximum Gasteiger partial charge on any atom is 0.433 e. The first-order valence-electron chi connectivity index (χ1n) is 8.12. The summed E-state index contributed by atoms with van der Waals surface area (Å²) >= 11 is 0.862. The Bertz CT molecular complexity index is 1130. The van der Waals surface area contributed by atoms with E-state index in [1.54, 1.807) is 0 Å². The van der Waals surface area contributed by atoms with Gasteiger partial charge in [0, 0.05) is 0 Å². The van der Waals surface area contributed by atoms with Crippen LogP contribution in [0.1, 0.15) is 29.9 Å². The van der Waals surface area contributed by atoms with Crippen LogP contribution >= 0.6 is 11.3 Å². The Morgan fingerprint density at radius 3 is 2.57 bits per heavy atom. The van der Waals surface area contributed by atoms with E-state index in [9.17, 15) is 30.4 Å². The fourth-order valence-electron chi connectivity index (χ4n) is 2.23. The van der Waals surface area contributed by atoms with Crippen molar-refractivity contribution in [2.75, 3.05) is 10.1 Å². The lowest BCUT2D eigenvalue weighted by Gasteiger charge is -2.22. The summed E-state index contributed by atoms with van der Waals surface area (Å²) < 4.78 is 94.5. The van der Waals surface area contributed by atoms with Crippen molar-refractivity contribution < 1.29 is 34.8 Å². The van der Waals surface area contributed by atoms with Gasteiger partial charge in [-0.25, -0.2) is 22.7 Å². The van der Waals surface area contributed by atoms with E-state index >= 15 is 0 Å². The molecule has 0 N–H and O–H groups in total. The maximum absolute atomic E-state index is 13.0. The molecule has 0 saturated heterocycles. The molecule has 30 heavy (non-hydrogen) atoms. The highest BCUT2D eigenvalue weighted by Crippen LogP contribution is 2.32. The van der Waals surface area contributed by atoms with Crippen molar-refractivity contribution >= 4 is 27.2 Å². The molecule has 3 aromatic heterocycles. The van der Waals surface area contributed by atoms with Gasteiger partial charge < -0.3 is 4.42 Å². The molecule has 0 spiro atoms. The van der Waals surface area contributed by atoms with Crippen LogP contribution in [0.25, 0.3) is 10.8 Å². The average molecular weight is 469 g/mol. The third-order valence-corrected chi connectivity index (χ3v) is 6.34. The second-order valence-corrected chi connectivity index (χ2v) is 8.95. The molecule has 8 nitrogen and oxygen atoms in total. The van der Waals surface area contributed by atoms with Gasteiger partial charge in [0.25, 0.3) is 11.8 Å². The monoisotopic (exact) mass is 469 g/mol. The molecule has 3 aromatic rings. The number of halogens is 5. The van der Waals surface area contributed by atoms with Gasteiger partial charge in [-0.2, -0.15) is 22.0 Å². The number of aromatic nitrogens is 4. The Morgan fingerprint density at radius 2 is 1.97 bits per heavy atom. The number of nitrogens with zero attached hydrogens (tertiary/aromatic N) is 5. The largest absolute Gasteiger partial charge is 0.433 e. The highest BCUT2D eigenvalue weighted by Gasteiger charge is 2.34. The Kier molecular flexibility index (Phi) is 6.03. The summed E-state index contributed by atoms with van der Waals surface area (Å²) in [6.07, 6.45) is -6.51. The Labute approximate surface area is 170 Å². The molecule has 0 aliphatic heterocycles. The van der Waals surface area contributed by atoms with Crippen molar-refractivity contribution in [3.63, 3.8) is 0 Å².